The van der Waals surface area contributed by atoms with E-state index in [1.54, 1.807) is 6.07 Å². The quantitative estimate of drug-likeness (QED) is 0.881. The maximum Gasteiger partial charge on any atom is 0.249 e. The number of ether oxygens (including phenoxy) is 1. The Morgan fingerprint density at radius 1 is 1.58 bits per heavy atom. The summed E-state index contributed by atoms with van der Waals surface area (Å²) in [6.07, 6.45) is 1.33. The number of imidazole rings is 1. The molecule has 0 bridgehead atoms. The summed E-state index contributed by atoms with van der Waals surface area (Å²) in [4.78, 5) is 19.0. The van der Waals surface area contributed by atoms with Crippen molar-refractivity contribution in [1.29, 1.82) is 0 Å². The van der Waals surface area contributed by atoms with Crippen LogP contribution in [0.2, 0.25) is 0 Å². The predicted octanol–water partition coefficient (Wildman–Crippen LogP) is 1.50. The standard InChI is InChI=1S/C13H14FN3O2/c14-8-3-4-9-10(6-8)17-12(16-9)7-15-13(18)11-2-1-5-19-11/h3-4,6,11H,1-2,5,7H2,(H,15,18)(H,16,17)/t11-/m1/s1. The fourth-order valence-corrected chi connectivity index (χ4v) is 2.19. The number of aromatic nitrogens is 2. The van der Waals surface area contributed by atoms with Crippen LogP contribution in [-0.4, -0.2) is 28.6 Å². The Hall–Kier alpha value is -1.95. The number of hydrogen-bond acceptors (Lipinski definition) is 3. The van der Waals surface area contributed by atoms with E-state index in [-0.39, 0.29) is 24.4 Å². The number of amides is 1. The minimum Gasteiger partial charge on any atom is -0.368 e. The summed E-state index contributed by atoms with van der Waals surface area (Å²) in [6.45, 7) is 0.928. The van der Waals surface area contributed by atoms with Crippen LogP contribution in [0.5, 0.6) is 0 Å². The lowest BCUT2D eigenvalue weighted by molar-refractivity contribution is -0.130. The van der Waals surface area contributed by atoms with Gasteiger partial charge in [0.25, 0.3) is 0 Å². The zero-order chi connectivity index (χ0) is 13.2. The zero-order valence-corrected chi connectivity index (χ0v) is 10.3. The van der Waals surface area contributed by atoms with Crippen molar-refractivity contribution in [2.24, 2.45) is 0 Å². The molecule has 1 fully saturated rings. The third-order valence-electron chi connectivity index (χ3n) is 3.15. The SMILES string of the molecule is O=C(NCc1nc2ccc(F)cc2[nH]1)[C@H]1CCCO1. The van der Waals surface area contributed by atoms with Gasteiger partial charge in [-0.2, -0.15) is 0 Å². The monoisotopic (exact) mass is 263 g/mol. The number of rotatable bonds is 3. The Labute approximate surface area is 109 Å². The molecule has 1 aliphatic rings. The van der Waals surface area contributed by atoms with Gasteiger partial charge >= 0.3 is 0 Å². The third kappa shape index (κ3) is 2.58. The van der Waals surface area contributed by atoms with Crippen molar-refractivity contribution in [3.63, 3.8) is 0 Å². The second kappa shape index (κ2) is 4.97. The lowest BCUT2D eigenvalue weighted by atomic mass is 10.2. The molecule has 0 aliphatic carbocycles. The Morgan fingerprint density at radius 2 is 2.47 bits per heavy atom. The van der Waals surface area contributed by atoms with Crippen LogP contribution in [0.4, 0.5) is 4.39 Å². The number of carbonyl (C=O) groups excluding carboxylic acids is 1. The number of nitrogens with one attached hydrogen (secondary N) is 2. The number of halogens is 1. The first-order valence-corrected chi connectivity index (χ1v) is 6.26. The molecule has 0 spiro atoms. The molecule has 1 atom stereocenters. The van der Waals surface area contributed by atoms with E-state index in [1.165, 1.54) is 12.1 Å². The van der Waals surface area contributed by atoms with Gasteiger partial charge in [-0.3, -0.25) is 4.79 Å². The van der Waals surface area contributed by atoms with Gasteiger partial charge in [-0.25, -0.2) is 9.37 Å². The number of H-pyrrole nitrogens is 1. The Balaban J connectivity index is 1.66. The molecule has 0 unspecified atom stereocenters. The van der Waals surface area contributed by atoms with Gasteiger partial charge in [0.05, 0.1) is 17.6 Å². The van der Waals surface area contributed by atoms with Gasteiger partial charge in [0.15, 0.2) is 0 Å². The van der Waals surface area contributed by atoms with Crippen LogP contribution in [-0.2, 0) is 16.1 Å². The first-order valence-electron chi connectivity index (χ1n) is 6.26. The molecule has 1 aromatic heterocycles. The average molecular weight is 263 g/mol. The topological polar surface area (TPSA) is 67.0 Å². The molecule has 0 saturated carbocycles. The highest BCUT2D eigenvalue weighted by molar-refractivity contribution is 5.81. The first kappa shape index (κ1) is 12.1. The van der Waals surface area contributed by atoms with Gasteiger partial charge in [-0.1, -0.05) is 0 Å². The van der Waals surface area contributed by atoms with Gasteiger partial charge in [0.1, 0.15) is 17.7 Å². The molecule has 6 heteroatoms. The summed E-state index contributed by atoms with van der Waals surface area (Å²) in [5, 5.41) is 2.77. The summed E-state index contributed by atoms with van der Waals surface area (Å²) in [5.74, 6) is 0.169. The second-order valence-electron chi connectivity index (χ2n) is 4.56. The van der Waals surface area contributed by atoms with Gasteiger partial charge in [0.2, 0.25) is 5.91 Å². The number of nitrogens with zero attached hydrogens (tertiary/aromatic N) is 1. The Kier molecular flexibility index (Phi) is 3.16. The van der Waals surface area contributed by atoms with E-state index in [0.29, 0.717) is 23.5 Å². The molecule has 1 amide bonds. The van der Waals surface area contributed by atoms with E-state index in [9.17, 15) is 9.18 Å². The minimum absolute atomic E-state index is 0.121. The zero-order valence-electron chi connectivity index (χ0n) is 10.3. The number of carbonyl (C=O) groups is 1. The van der Waals surface area contributed by atoms with Gasteiger partial charge in [0, 0.05) is 6.61 Å². The Morgan fingerprint density at radius 3 is 3.26 bits per heavy atom. The molecule has 3 rings (SSSR count). The van der Waals surface area contributed by atoms with Crippen LogP contribution in [0.1, 0.15) is 18.7 Å². The van der Waals surface area contributed by atoms with E-state index in [0.717, 1.165) is 12.8 Å². The van der Waals surface area contributed by atoms with E-state index < -0.39 is 0 Å². The maximum absolute atomic E-state index is 13.0. The van der Waals surface area contributed by atoms with Crippen LogP contribution in [0.3, 0.4) is 0 Å². The van der Waals surface area contributed by atoms with Crippen molar-refractivity contribution >= 4 is 16.9 Å². The number of benzene rings is 1. The average Bonchev–Trinajstić information content (AvgIpc) is 3.04. The second-order valence-corrected chi connectivity index (χ2v) is 4.56. The van der Waals surface area contributed by atoms with Crippen LogP contribution in [0, 0.1) is 5.82 Å². The number of aromatic amines is 1. The molecule has 1 aliphatic heterocycles. The van der Waals surface area contributed by atoms with Crippen molar-refractivity contribution in [3.8, 4) is 0 Å². The predicted molar refractivity (Wildman–Crippen MR) is 66.9 cm³/mol. The number of hydrogen-bond donors (Lipinski definition) is 2. The number of fused-ring (bicyclic) bond motifs is 1. The van der Waals surface area contributed by atoms with E-state index in [1.807, 2.05) is 0 Å². The normalized spacial score (nSPS) is 18.9. The minimum atomic E-state index is -0.346. The molecule has 100 valence electrons. The summed E-state index contributed by atoms with van der Waals surface area (Å²) in [7, 11) is 0. The van der Waals surface area contributed by atoms with E-state index >= 15 is 0 Å². The molecule has 2 aromatic rings. The highest BCUT2D eigenvalue weighted by atomic mass is 19.1. The Bertz CT molecular complexity index is 605. The van der Waals surface area contributed by atoms with Crippen molar-refractivity contribution in [3.05, 3.63) is 29.8 Å². The van der Waals surface area contributed by atoms with Crippen LogP contribution >= 0.6 is 0 Å². The highest BCUT2D eigenvalue weighted by Gasteiger charge is 2.23. The van der Waals surface area contributed by atoms with E-state index in [2.05, 4.69) is 15.3 Å². The summed E-state index contributed by atoms with van der Waals surface area (Å²) in [6, 6.07) is 4.35. The van der Waals surface area contributed by atoms with Crippen LogP contribution < -0.4 is 5.32 Å². The molecular formula is C13H14FN3O2. The molecule has 1 aromatic carbocycles. The fraction of sp³-hybridized carbons (Fsp3) is 0.385. The summed E-state index contributed by atoms with van der Waals surface area (Å²) in [5.41, 5.74) is 1.31. The van der Waals surface area contributed by atoms with Crippen molar-refractivity contribution in [1.82, 2.24) is 15.3 Å². The van der Waals surface area contributed by atoms with Crippen LogP contribution in [0.15, 0.2) is 18.2 Å². The maximum atomic E-state index is 13.0. The summed E-state index contributed by atoms with van der Waals surface area (Å²) >= 11 is 0. The first-order chi connectivity index (χ1) is 9.22. The molecule has 1 saturated heterocycles. The largest absolute Gasteiger partial charge is 0.368 e. The van der Waals surface area contributed by atoms with Gasteiger partial charge in [-0.15, -0.1) is 0 Å². The smallest absolute Gasteiger partial charge is 0.249 e. The highest BCUT2D eigenvalue weighted by Crippen LogP contribution is 2.14. The van der Waals surface area contributed by atoms with Crippen molar-refractivity contribution in [2.45, 2.75) is 25.5 Å². The molecule has 0 radical (unpaired) electrons. The van der Waals surface area contributed by atoms with Gasteiger partial charge < -0.3 is 15.0 Å². The summed E-state index contributed by atoms with van der Waals surface area (Å²) < 4.78 is 18.3. The lowest BCUT2D eigenvalue weighted by Crippen LogP contribution is -2.33. The third-order valence-corrected chi connectivity index (χ3v) is 3.15. The molecular weight excluding hydrogens is 249 g/mol. The van der Waals surface area contributed by atoms with Crippen molar-refractivity contribution in [2.75, 3.05) is 6.61 Å². The molecule has 2 N–H and O–H groups in total. The lowest BCUT2D eigenvalue weighted by Gasteiger charge is -2.08. The molecule has 2 heterocycles. The fourth-order valence-electron chi connectivity index (χ4n) is 2.19. The van der Waals surface area contributed by atoms with Gasteiger partial charge in [-0.05, 0) is 31.0 Å². The van der Waals surface area contributed by atoms with Crippen LogP contribution in [0.25, 0.3) is 11.0 Å². The molecule has 19 heavy (non-hydrogen) atoms. The van der Waals surface area contributed by atoms with Crippen molar-refractivity contribution < 1.29 is 13.9 Å². The van der Waals surface area contributed by atoms with E-state index in [4.69, 9.17) is 4.74 Å². The molecule has 5 nitrogen and oxygen atoms in total.